The van der Waals surface area contributed by atoms with Crippen molar-refractivity contribution in [3.63, 3.8) is 0 Å². The van der Waals surface area contributed by atoms with Crippen molar-refractivity contribution in [3.05, 3.63) is 0 Å². The first-order valence-corrected chi connectivity index (χ1v) is 6.90. The maximum atomic E-state index is 11.8. The normalized spacial score (nSPS) is 36.5. The van der Waals surface area contributed by atoms with E-state index in [1.165, 1.54) is 0 Å². The van der Waals surface area contributed by atoms with Crippen LogP contribution >= 0.6 is 0 Å². The summed E-state index contributed by atoms with van der Waals surface area (Å²) in [5.74, 6) is 0.278. The molecule has 0 spiro atoms. The van der Waals surface area contributed by atoms with Gasteiger partial charge in [0.1, 0.15) is 6.23 Å². The number of hydrogen-bond acceptors (Lipinski definition) is 3. The number of ether oxygens (including phenoxy) is 1. The molecule has 4 nitrogen and oxygen atoms in total. The van der Waals surface area contributed by atoms with E-state index in [4.69, 9.17) is 4.74 Å². The van der Waals surface area contributed by atoms with Gasteiger partial charge in [0.05, 0.1) is 11.8 Å². The molecule has 2 rings (SSSR count). The van der Waals surface area contributed by atoms with Crippen LogP contribution in [0.5, 0.6) is 0 Å². The highest BCUT2D eigenvalue weighted by Gasteiger charge is 2.56. The largest absolute Gasteiger partial charge is 0.360 e. The lowest BCUT2D eigenvalue weighted by Gasteiger charge is -2.05. The minimum Gasteiger partial charge on any atom is -0.360 e. The molecule has 0 N–H and O–H groups in total. The molecule has 82 valence electrons. The lowest BCUT2D eigenvalue weighted by Crippen LogP contribution is -2.19. The minimum atomic E-state index is -3.02. The third-order valence-corrected chi connectivity index (χ3v) is 4.75. The Morgan fingerprint density at radius 2 is 2.29 bits per heavy atom. The van der Waals surface area contributed by atoms with E-state index in [0.717, 1.165) is 25.7 Å². The van der Waals surface area contributed by atoms with Crippen molar-refractivity contribution in [2.24, 2.45) is 0 Å². The molecule has 0 aromatic heterocycles. The summed E-state index contributed by atoms with van der Waals surface area (Å²) in [5, 5.41) is 0. The van der Waals surface area contributed by atoms with Crippen molar-refractivity contribution in [1.29, 1.82) is 0 Å². The molecule has 2 aliphatic heterocycles. The fraction of sp³-hybridized carbons (Fsp3) is 1.00. The van der Waals surface area contributed by atoms with Crippen LogP contribution in [0.25, 0.3) is 0 Å². The van der Waals surface area contributed by atoms with E-state index in [1.54, 1.807) is 4.31 Å². The molecule has 0 saturated carbocycles. The van der Waals surface area contributed by atoms with Gasteiger partial charge >= 0.3 is 0 Å². The maximum Gasteiger partial charge on any atom is 0.216 e. The van der Waals surface area contributed by atoms with Gasteiger partial charge in [-0.15, -0.1) is 0 Å². The Morgan fingerprint density at radius 1 is 1.50 bits per heavy atom. The molecule has 2 saturated heterocycles. The van der Waals surface area contributed by atoms with Gasteiger partial charge in [-0.25, -0.2) is 8.42 Å². The molecule has 2 heterocycles. The Kier molecular flexibility index (Phi) is 2.81. The Hall–Kier alpha value is -0.130. The fourth-order valence-electron chi connectivity index (χ4n) is 1.98. The second-order valence-corrected chi connectivity index (χ2v) is 5.96. The van der Waals surface area contributed by atoms with Gasteiger partial charge in [0.25, 0.3) is 0 Å². The summed E-state index contributed by atoms with van der Waals surface area (Å²) in [6.07, 6.45) is 3.50. The molecule has 3 unspecified atom stereocenters. The topological polar surface area (TPSA) is 46.4 Å². The summed E-state index contributed by atoms with van der Waals surface area (Å²) in [5.41, 5.74) is 0. The summed E-state index contributed by atoms with van der Waals surface area (Å²) < 4.78 is 30.5. The van der Waals surface area contributed by atoms with Crippen LogP contribution < -0.4 is 0 Å². The average molecular weight is 219 g/mol. The molecule has 2 fully saturated rings. The molecule has 14 heavy (non-hydrogen) atoms. The zero-order valence-corrected chi connectivity index (χ0v) is 9.29. The molecule has 0 aromatic rings. The molecular weight excluding hydrogens is 202 g/mol. The van der Waals surface area contributed by atoms with Gasteiger partial charge in [-0.3, -0.25) is 0 Å². The SMILES string of the molecule is CCCCS(=O)(=O)N1C2CCCOC21. The van der Waals surface area contributed by atoms with E-state index in [-0.39, 0.29) is 18.0 Å². The first kappa shape index (κ1) is 10.4. The highest BCUT2D eigenvalue weighted by molar-refractivity contribution is 7.89. The van der Waals surface area contributed by atoms with Crippen LogP contribution in [-0.4, -0.2) is 37.4 Å². The standard InChI is InChI=1S/C9H17NO3S/c1-2-3-7-14(11,12)10-8-5-4-6-13-9(8)10/h8-9H,2-7H2,1H3. The predicted octanol–water partition coefficient (Wildman–Crippen LogP) is 0.937. The highest BCUT2D eigenvalue weighted by atomic mass is 32.2. The molecule has 5 heteroatoms. The molecule has 0 aliphatic carbocycles. The minimum absolute atomic E-state index is 0.120. The van der Waals surface area contributed by atoms with Gasteiger partial charge < -0.3 is 4.74 Å². The van der Waals surface area contributed by atoms with Crippen molar-refractivity contribution >= 4 is 10.0 Å². The molecule has 0 amide bonds. The number of nitrogens with zero attached hydrogens (tertiary/aromatic N) is 1. The molecule has 0 radical (unpaired) electrons. The van der Waals surface area contributed by atoms with E-state index >= 15 is 0 Å². The third-order valence-electron chi connectivity index (χ3n) is 2.83. The second kappa shape index (κ2) is 3.79. The second-order valence-electron chi connectivity index (χ2n) is 3.97. The lowest BCUT2D eigenvalue weighted by molar-refractivity contribution is 0.0787. The van der Waals surface area contributed by atoms with Crippen LogP contribution in [0.4, 0.5) is 0 Å². The Morgan fingerprint density at radius 3 is 2.86 bits per heavy atom. The quantitative estimate of drug-likeness (QED) is 0.661. The van der Waals surface area contributed by atoms with E-state index < -0.39 is 10.0 Å². The van der Waals surface area contributed by atoms with Crippen molar-refractivity contribution in [2.45, 2.75) is 44.9 Å². The van der Waals surface area contributed by atoms with Gasteiger partial charge in [0.2, 0.25) is 10.0 Å². The summed E-state index contributed by atoms with van der Waals surface area (Å²) in [6, 6.07) is 0.158. The first-order valence-electron chi connectivity index (χ1n) is 5.29. The van der Waals surface area contributed by atoms with Crippen molar-refractivity contribution in [3.8, 4) is 0 Å². The van der Waals surface area contributed by atoms with Gasteiger partial charge in [0, 0.05) is 6.61 Å². The van der Waals surface area contributed by atoms with Crippen LogP contribution in [0.2, 0.25) is 0 Å². The van der Waals surface area contributed by atoms with Gasteiger partial charge in [-0.2, -0.15) is 4.31 Å². The fourth-order valence-corrected chi connectivity index (χ4v) is 3.93. The molecule has 0 bridgehead atoms. The predicted molar refractivity (Wildman–Crippen MR) is 53.3 cm³/mol. The zero-order valence-electron chi connectivity index (χ0n) is 8.48. The summed E-state index contributed by atoms with van der Waals surface area (Å²) in [7, 11) is -3.02. The van der Waals surface area contributed by atoms with E-state index in [1.807, 2.05) is 6.92 Å². The van der Waals surface area contributed by atoms with E-state index in [9.17, 15) is 8.42 Å². The Labute approximate surface area is 85.3 Å². The Bertz CT molecular complexity index is 289. The third kappa shape index (κ3) is 1.81. The number of sulfonamides is 1. The highest BCUT2D eigenvalue weighted by Crippen LogP contribution is 2.39. The first-order chi connectivity index (χ1) is 6.67. The summed E-state index contributed by atoms with van der Waals surface area (Å²) in [6.45, 7) is 2.71. The average Bonchev–Trinajstić information content (AvgIpc) is 2.89. The lowest BCUT2D eigenvalue weighted by atomic mass is 10.2. The molecular formula is C9H17NO3S. The van der Waals surface area contributed by atoms with E-state index in [0.29, 0.717) is 6.61 Å². The smallest absolute Gasteiger partial charge is 0.216 e. The van der Waals surface area contributed by atoms with Gasteiger partial charge in [-0.1, -0.05) is 13.3 Å². The number of rotatable bonds is 4. The maximum absolute atomic E-state index is 11.8. The molecule has 3 atom stereocenters. The van der Waals surface area contributed by atoms with Crippen molar-refractivity contribution < 1.29 is 13.2 Å². The summed E-state index contributed by atoms with van der Waals surface area (Å²) in [4.78, 5) is 0. The van der Waals surface area contributed by atoms with Crippen LogP contribution in [-0.2, 0) is 14.8 Å². The van der Waals surface area contributed by atoms with Crippen LogP contribution in [0.3, 0.4) is 0 Å². The van der Waals surface area contributed by atoms with Crippen molar-refractivity contribution in [2.75, 3.05) is 12.4 Å². The molecule has 0 aromatic carbocycles. The zero-order chi connectivity index (χ0) is 10.2. The molecule has 2 aliphatic rings. The van der Waals surface area contributed by atoms with Gasteiger partial charge in [0.15, 0.2) is 0 Å². The van der Waals surface area contributed by atoms with Crippen LogP contribution in [0.1, 0.15) is 32.6 Å². The Balaban J connectivity index is 1.96. The monoisotopic (exact) mass is 219 g/mol. The van der Waals surface area contributed by atoms with E-state index in [2.05, 4.69) is 0 Å². The number of unbranched alkanes of at least 4 members (excludes halogenated alkanes) is 1. The number of fused-ring (bicyclic) bond motifs is 1. The van der Waals surface area contributed by atoms with Crippen molar-refractivity contribution in [1.82, 2.24) is 4.31 Å². The van der Waals surface area contributed by atoms with Crippen LogP contribution in [0, 0.1) is 0 Å². The van der Waals surface area contributed by atoms with Crippen LogP contribution in [0.15, 0.2) is 0 Å². The number of hydrogen-bond donors (Lipinski definition) is 0. The summed E-state index contributed by atoms with van der Waals surface area (Å²) >= 11 is 0. The van der Waals surface area contributed by atoms with Gasteiger partial charge in [-0.05, 0) is 19.3 Å².